The van der Waals surface area contributed by atoms with Crippen LogP contribution in [0.15, 0.2) is 6.07 Å². The first-order chi connectivity index (χ1) is 6.67. The largest absolute Gasteiger partial charge is 0.237 e. The second-order valence-electron chi connectivity index (χ2n) is 4.77. The van der Waals surface area contributed by atoms with Gasteiger partial charge < -0.3 is 0 Å². The summed E-state index contributed by atoms with van der Waals surface area (Å²) in [6.07, 6.45) is 4.95. The van der Waals surface area contributed by atoms with E-state index < -0.39 is 0 Å². The smallest absolute Gasteiger partial charge is 0.136 e. The fourth-order valence-electron chi connectivity index (χ4n) is 1.70. The van der Waals surface area contributed by atoms with Crippen LogP contribution in [0.25, 0.3) is 0 Å². The standard InChI is InChI=1S/C11H13ClN2/c1-11(4-5-11)10-13-8(7-2-3-7)6-9(12)14-10/h6-7H,2-5H2,1H3. The van der Waals surface area contributed by atoms with E-state index in [2.05, 4.69) is 16.9 Å². The monoisotopic (exact) mass is 208 g/mol. The van der Waals surface area contributed by atoms with Gasteiger partial charge in [0.2, 0.25) is 0 Å². The molecule has 0 aliphatic heterocycles. The van der Waals surface area contributed by atoms with Crippen molar-refractivity contribution in [2.45, 2.75) is 43.9 Å². The third kappa shape index (κ3) is 1.42. The van der Waals surface area contributed by atoms with Gasteiger partial charge in [0.1, 0.15) is 11.0 Å². The first kappa shape index (κ1) is 8.66. The molecule has 2 aliphatic carbocycles. The summed E-state index contributed by atoms with van der Waals surface area (Å²) < 4.78 is 0. The first-order valence-corrected chi connectivity index (χ1v) is 5.60. The van der Waals surface area contributed by atoms with Gasteiger partial charge in [-0.1, -0.05) is 18.5 Å². The molecule has 0 N–H and O–H groups in total. The molecule has 0 unspecified atom stereocenters. The average molecular weight is 209 g/mol. The number of hydrogen-bond acceptors (Lipinski definition) is 2. The molecular formula is C11H13ClN2. The number of rotatable bonds is 2. The summed E-state index contributed by atoms with van der Waals surface area (Å²) in [4.78, 5) is 8.97. The lowest BCUT2D eigenvalue weighted by atomic mass is 10.1. The molecule has 0 radical (unpaired) electrons. The Morgan fingerprint density at radius 1 is 1.36 bits per heavy atom. The Kier molecular flexibility index (Phi) is 1.67. The molecule has 74 valence electrons. The van der Waals surface area contributed by atoms with E-state index in [1.807, 2.05) is 6.07 Å². The molecule has 2 saturated carbocycles. The van der Waals surface area contributed by atoms with Gasteiger partial charge in [-0.15, -0.1) is 0 Å². The third-order valence-corrected chi connectivity index (χ3v) is 3.44. The van der Waals surface area contributed by atoms with Crippen LogP contribution in [0.2, 0.25) is 5.15 Å². The van der Waals surface area contributed by atoms with Crippen LogP contribution in [-0.4, -0.2) is 9.97 Å². The van der Waals surface area contributed by atoms with Crippen molar-refractivity contribution in [1.29, 1.82) is 0 Å². The van der Waals surface area contributed by atoms with E-state index in [0.717, 1.165) is 11.5 Å². The molecule has 0 amide bonds. The topological polar surface area (TPSA) is 25.8 Å². The van der Waals surface area contributed by atoms with Gasteiger partial charge in [0.25, 0.3) is 0 Å². The van der Waals surface area contributed by atoms with Gasteiger partial charge in [0.15, 0.2) is 0 Å². The first-order valence-electron chi connectivity index (χ1n) is 5.22. The van der Waals surface area contributed by atoms with Gasteiger partial charge in [-0.3, -0.25) is 0 Å². The maximum atomic E-state index is 6.00. The summed E-state index contributed by atoms with van der Waals surface area (Å²) in [6.45, 7) is 2.22. The zero-order chi connectivity index (χ0) is 9.76. The highest BCUT2D eigenvalue weighted by atomic mass is 35.5. The minimum absolute atomic E-state index is 0.231. The Bertz CT molecular complexity index is 381. The van der Waals surface area contributed by atoms with Crippen molar-refractivity contribution in [3.8, 4) is 0 Å². The zero-order valence-corrected chi connectivity index (χ0v) is 9.01. The number of aromatic nitrogens is 2. The van der Waals surface area contributed by atoms with E-state index in [1.165, 1.54) is 25.7 Å². The van der Waals surface area contributed by atoms with Gasteiger partial charge in [-0.05, 0) is 31.7 Å². The fraction of sp³-hybridized carbons (Fsp3) is 0.636. The molecule has 1 aromatic heterocycles. The van der Waals surface area contributed by atoms with Gasteiger partial charge in [0, 0.05) is 17.0 Å². The Balaban J connectivity index is 2.02. The lowest BCUT2D eigenvalue weighted by molar-refractivity contribution is 0.697. The van der Waals surface area contributed by atoms with Gasteiger partial charge in [0.05, 0.1) is 0 Å². The summed E-state index contributed by atoms with van der Waals surface area (Å²) in [7, 11) is 0. The van der Waals surface area contributed by atoms with Crippen molar-refractivity contribution in [3.05, 3.63) is 22.7 Å². The van der Waals surface area contributed by atoms with Crippen LogP contribution in [0.1, 0.15) is 50.0 Å². The van der Waals surface area contributed by atoms with Crippen LogP contribution in [0.5, 0.6) is 0 Å². The summed E-state index contributed by atoms with van der Waals surface area (Å²) in [5.41, 5.74) is 1.39. The predicted molar refractivity (Wildman–Crippen MR) is 55.6 cm³/mol. The molecule has 3 heteroatoms. The molecule has 2 nitrogen and oxygen atoms in total. The number of hydrogen-bond donors (Lipinski definition) is 0. The molecule has 0 bridgehead atoms. The van der Waals surface area contributed by atoms with Crippen molar-refractivity contribution in [2.75, 3.05) is 0 Å². The molecule has 1 heterocycles. The Hall–Kier alpha value is -0.630. The highest BCUT2D eigenvalue weighted by molar-refractivity contribution is 6.29. The van der Waals surface area contributed by atoms with Crippen molar-refractivity contribution < 1.29 is 0 Å². The van der Waals surface area contributed by atoms with E-state index in [-0.39, 0.29) is 5.41 Å². The molecule has 2 fully saturated rings. The van der Waals surface area contributed by atoms with Gasteiger partial charge in [-0.25, -0.2) is 9.97 Å². The zero-order valence-electron chi connectivity index (χ0n) is 8.26. The van der Waals surface area contributed by atoms with Crippen LogP contribution in [0, 0.1) is 0 Å². The SMILES string of the molecule is CC1(c2nc(Cl)cc(C3CC3)n2)CC1. The van der Waals surface area contributed by atoms with Crippen LogP contribution >= 0.6 is 11.6 Å². The molecule has 2 aliphatic rings. The second-order valence-corrected chi connectivity index (χ2v) is 5.16. The Morgan fingerprint density at radius 3 is 2.64 bits per heavy atom. The van der Waals surface area contributed by atoms with E-state index >= 15 is 0 Å². The molecule has 3 rings (SSSR count). The van der Waals surface area contributed by atoms with Crippen LogP contribution in [0.3, 0.4) is 0 Å². The molecular weight excluding hydrogens is 196 g/mol. The Labute approximate surface area is 88.7 Å². The maximum absolute atomic E-state index is 6.00. The van der Waals surface area contributed by atoms with E-state index in [0.29, 0.717) is 11.1 Å². The van der Waals surface area contributed by atoms with E-state index in [9.17, 15) is 0 Å². The molecule has 0 atom stereocenters. The Morgan fingerprint density at radius 2 is 2.07 bits per heavy atom. The van der Waals surface area contributed by atoms with Crippen molar-refractivity contribution in [1.82, 2.24) is 9.97 Å². The lowest BCUT2D eigenvalue weighted by Crippen LogP contribution is -2.08. The van der Waals surface area contributed by atoms with E-state index in [1.54, 1.807) is 0 Å². The maximum Gasteiger partial charge on any atom is 0.136 e. The van der Waals surface area contributed by atoms with Crippen LogP contribution < -0.4 is 0 Å². The number of nitrogens with zero attached hydrogens (tertiary/aromatic N) is 2. The second kappa shape index (κ2) is 2.69. The molecule has 14 heavy (non-hydrogen) atoms. The predicted octanol–water partition coefficient (Wildman–Crippen LogP) is 3.06. The van der Waals surface area contributed by atoms with E-state index in [4.69, 9.17) is 11.6 Å². The highest BCUT2D eigenvalue weighted by Crippen LogP contribution is 2.47. The summed E-state index contributed by atoms with van der Waals surface area (Å²) in [6, 6.07) is 1.93. The van der Waals surface area contributed by atoms with Crippen molar-refractivity contribution >= 4 is 11.6 Å². The van der Waals surface area contributed by atoms with Crippen molar-refractivity contribution in [3.63, 3.8) is 0 Å². The highest BCUT2D eigenvalue weighted by Gasteiger charge is 2.42. The molecule has 0 spiro atoms. The van der Waals surface area contributed by atoms with Crippen LogP contribution in [-0.2, 0) is 5.41 Å². The summed E-state index contributed by atoms with van der Waals surface area (Å²) in [5, 5.41) is 0.616. The summed E-state index contributed by atoms with van der Waals surface area (Å²) in [5.74, 6) is 1.63. The summed E-state index contributed by atoms with van der Waals surface area (Å²) >= 11 is 6.00. The van der Waals surface area contributed by atoms with Crippen LogP contribution in [0.4, 0.5) is 0 Å². The minimum atomic E-state index is 0.231. The fourth-order valence-corrected chi connectivity index (χ4v) is 1.90. The third-order valence-electron chi connectivity index (χ3n) is 3.25. The molecule has 1 aromatic rings. The normalized spacial score (nSPS) is 23.6. The minimum Gasteiger partial charge on any atom is -0.237 e. The molecule has 0 aromatic carbocycles. The van der Waals surface area contributed by atoms with Gasteiger partial charge in [-0.2, -0.15) is 0 Å². The lowest BCUT2D eigenvalue weighted by Gasteiger charge is -2.08. The quantitative estimate of drug-likeness (QED) is 0.699. The average Bonchev–Trinajstić information content (AvgIpc) is 2.97. The number of halogens is 1. The van der Waals surface area contributed by atoms with Gasteiger partial charge >= 0.3 is 0 Å². The van der Waals surface area contributed by atoms with Crippen molar-refractivity contribution in [2.24, 2.45) is 0 Å². The molecule has 0 saturated heterocycles.